The Labute approximate surface area is 136 Å². The third-order valence-corrected chi connectivity index (χ3v) is 5.63. The molecule has 23 heavy (non-hydrogen) atoms. The number of rotatable bonds is 3. The summed E-state index contributed by atoms with van der Waals surface area (Å²) in [6.07, 6.45) is 0. The molecule has 0 aliphatic heterocycles. The van der Waals surface area contributed by atoms with Gasteiger partial charge in [0.1, 0.15) is 0 Å². The number of aryl methyl sites for hydroxylation is 1. The highest BCUT2D eigenvalue weighted by molar-refractivity contribution is 7.91. The van der Waals surface area contributed by atoms with Crippen LogP contribution in [0.2, 0.25) is 0 Å². The van der Waals surface area contributed by atoms with Crippen LogP contribution >= 0.6 is 0 Å². The summed E-state index contributed by atoms with van der Waals surface area (Å²) in [5, 5.41) is 0. The molecule has 0 spiro atoms. The van der Waals surface area contributed by atoms with Gasteiger partial charge in [-0.3, -0.25) is 0 Å². The van der Waals surface area contributed by atoms with E-state index < -0.39 is 9.84 Å². The van der Waals surface area contributed by atoms with Crippen molar-refractivity contribution in [1.82, 2.24) is 0 Å². The summed E-state index contributed by atoms with van der Waals surface area (Å²) in [7, 11) is -3.61. The highest BCUT2D eigenvalue weighted by atomic mass is 32.2. The fourth-order valence-electron chi connectivity index (χ4n) is 2.57. The van der Waals surface area contributed by atoms with Crippen LogP contribution in [0.5, 0.6) is 0 Å². The molecular formula is C19H17NO2S. The summed E-state index contributed by atoms with van der Waals surface area (Å²) in [5.41, 5.74) is 8.86. The Morgan fingerprint density at radius 1 is 0.739 bits per heavy atom. The van der Waals surface area contributed by atoms with Crippen LogP contribution in [0.15, 0.2) is 82.6 Å². The van der Waals surface area contributed by atoms with E-state index in [9.17, 15) is 8.42 Å². The van der Waals surface area contributed by atoms with Crippen molar-refractivity contribution in [2.24, 2.45) is 0 Å². The minimum Gasteiger partial charge on any atom is -0.399 e. The van der Waals surface area contributed by atoms with Gasteiger partial charge in [0.05, 0.1) is 9.79 Å². The predicted octanol–water partition coefficient (Wildman–Crippen LogP) is 4.08. The van der Waals surface area contributed by atoms with Gasteiger partial charge in [0.2, 0.25) is 9.84 Å². The second kappa shape index (κ2) is 5.89. The summed E-state index contributed by atoms with van der Waals surface area (Å²) >= 11 is 0. The molecule has 3 nitrogen and oxygen atoms in total. The SMILES string of the molecule is Cc1ccccc1-c1ccccc1S(=O)(=O)c1ccc(N)cc1. The molecule has 0 fully saturated rings. The first-order valence-electron chi connectivity index (χ1n) is 7.26. The van der Waals surface area contributed by atoms with Gasteiger partial charge in [0.15, 0.2) is 0 Å². The normalized spacial score (nSPS) is 11.3. The molecule has 0 amide bonds. The molecule has 0 atom stereocenters. The zero-order chi connectivity index (χ0) is 16.4. The first kappa shape index (κ1) is 15.3. The van der Waals surface area contributed by atoms with Crippen LogP contribution in [-0.4, -0.2) is 8.42 Å². The number of nitrogen functional groups attached to an aromatic ring is 1. The maximum Gasteiger partial charge on any atom is 0.207 e. The third kappa shape index (κ3) is 2.85. The molecule has 0 saturated heterocycles. The average Bonchev–Trinajstić information content (AvgIpc) is 2.56. The van der Waals surface area contributed by atoms with E-state index in [0.29, 0.717) is 16.1 Å². The van der Waals surface area contributed by atoms with Crippen molar-refractivity contribution in [3.63, 3.8) is 0 Å². The molecular weight excluding hydrogens is 306 g/mol. The summed E-state index contributed by atoms with van der Waals surface area (Å²) in [6.45, 7) is 1.97. The molecule has 0 aliphatic rings. The number of hydrogen-bond acceptors (Lipinski definition) is 3. The quantitative estimate of drug-likeness (QED) is 0.739. The largest absolute Gasteiger partial charge is 0.399 e. The Morgan fingerprint density at radius 2 is 1.30 bits per heavy atom. The van der Waals surface area contributed by atoms with Crippen molar-refractivity contribution < 1.29 is 8.42 Å². The van der Waals surface area contributed by atoms with Crippen LogP contribution in [0, 0.1) is 6.92 Å². The second-order valence-corrected chi connectivity index (χ2v) is 7.30. The molecule has 0 heterocycles. The fraction of sp³-hybridized carbons (Fsp3) is 0.0526. The van der Waals surface area contributed by atoms with Gasteiger partial charge in [-0.05, 0) is 48.4 Å². The van der Waals surface area contributed by atoms with Crippen LogP contribution < -0.4 is 5.73 Å². The highest BCUT2D eigenvalue weighted by Crippen LogP contribution is 2.33. The number of hydrogen-bond donors (Lipinski definition) is 1. The maximum atomic E-state index is 13.0. The highest BCUT2D eigenvalue weighted by Gasteiger charge is 2.22. The van der Waals surface area contributed by atoms with Crippen LogP contribution in [0.3, 0.4) is 0 Å². The Bertz CT molecular complexity index is 945. The predicted molar refractivity (Wildman–Crippen MR) is 92.9 cm³/mol. The van der Waals surface area contributed by atoms with Crippen LogP contribution in [-0.2, 0) is 9.84 Å². The summed E-state index contributed by atoms with van der Waals surface area (Å²) in [6, 6.07) is 21.1. The van der Waals surface area contributed by atoms with E-state index >= 15 is 0 Å². The maximum absolute atomic E-state index is 13.0. The Morgan fingerprint density at radius 3 is 1.96 bits per heavy atom. The number of sulfone groups is 1. The zero-order valence-corrected chi connectivity index (χ0v) is 13.5. The number of nitrogens with two attached hydrogens (primary N) is 1. The Kier molecular flexibility index (Phi) is 3.92. The standard InChI is InChI=1S/C19H17NO2S/c1-14-6-2-3-7-17(14)18-8-4-5-9-19(18)23(21,22)16-12-10-15(20)11-13-16/h2-13H,20H2,1H3. The van der Waals surface area contributed by atoms with Crippen molar-refractivity contribution in [2.45, 2.75) is 16.7 Å². The van der Waals surface area contributed by atoms with Crippen LogP contribution in [0.4, 0.5) is 5.69 Å². The van der Waals surface area contributed by atoms with Crippen molar-refractivity contribution in [3.8, 4) is 11.1 Å². The molecule has 0 unspecified atom stereocenters. The minimum absolute atomic E-state index is 0.243. The molecule has 116 valence electrons. The first-order valence-corrected chi connectivity index (χ1v) is 8.74. The lowest BCUT2D eigenvalue weighted by molar-refractivity contribution is 0.596. The average molecular weight is 323 g/mol. The molecule has 4 heteroatoms. The lowest BCUT2D eigenvalue weighted by Crippen LogP contribution is -2.04. The van der Waals surface area contributed by atoms with Gasteiger partial charge in [0.25, 0.3) is 0 Å². The molecule has 0 aromatic heterocycles. The van der Waals surface area contributed by atoms with E-state index in [0.717, 1.165) is 11.1 Å². The zero-order valence-electron chi connectivity index (χ0n) is 12.7. The first-order chi connectivity index (χ1) is 11.0. The molecule has 0 bridgehead atoms. The van der Waals surface area contributed by atoms with Gasteiger partial charge in [0, 0.05) is 11.3 Å². The molecule has 0 radical (unpaired) electrons. The molecule has 2 N–H and O–H groups in total. The fourth-order valence-corrected chi connectivity index (χ4v) is 4.05. The topological polar surface area (TPSA) is 60.2 Å². The van der Waals surface area contributed by atoms with Gasteiger partial charge in [-0.25, -0.2) is 8.42 Å². The van der Waals surface area contributed by atoms with E-state index in [4.69, 9.17) is 5.73 Å². The van der Waals surface area contributed by atoms with Crippen molar-refractivity contribution in [2.75, 3.05) is 5.73 Å². The second-order valence-electron chi connectivity index (χ2n) is 5.38. The van der Waals surface area contributed by atoms with E-state index in [1.165, 1.54) is 0 Å². The van der Waals surface area contributed by atoms with Gasteiger partial charge in [-0.1, -0.05) is 42.5 Å². The molecule has 0 saturated carbocycles. The van der Waals surface area contributed by atoms with E-state index in [1.54, 1.807) is 36.4 Å². The monoisotopic (exact) mass is 323 g/mol. The van der Waals surface area contributed by atoms with Crippen molar-refractivity contribution in [3.05, 3.63) is 78.4 Å². The lowest BCUT2D eigenvalue weighted by atomic mass is 10.0. The minimum atomic E-state index is -3.61. The van der Waals surface area contributed by atoms with Crippen LogP contribution in [0.25, 0.3) is 11.1 Å². The lowest BCUT2D eigenvalue weighted by Gasteiger charge is -2.13. The number of anilines is 1. The summed E-state index contributed by atoms with van der Waals surface area (Å²) < 4.78 is 26.0. The van der Waals surface area contributed by atoms with Crippen LogP contribution in [0.1, 0.15) is 5.56 Å². The van der Waals surface area contributed by atoms with E-state index in [-0.39, 0.29) is 4.90 Å². The molecule has 3 aromatic rings. The molecule has 3 rings (SSSR count). The van der Waals surface area contributed by atoms with Gasteiger partial charge >= 0.3 is 0 Å². The molecule has 3 aromatic carbocycles. The summed E-state index contributed by atoms with van der Waals surface area (Å²) in [5.74, 6) is 0. The number of benzene rings is 3. The van der Waals surface area contributed by atoms with Crippen molar-refractivity contribution in [1.29, 1.82) is 0 Å². The van der Waals surface area contributed by atoms with Crippen molar-refractivity contribution >= 4 is 15.5 Å². The Balaban J connectivity index is 2.22. The van der Waals surface area contributed by atoms with E-state index in [2.05, 4.69) is 0 Å². The summed E-state index contributed by atoms with van der Waals surface area (Å²) in [4.78, 5) is 0.548. The smallest absolute Gasteiger partial charge is 0.207 e. The molecule has 0 aliphatic carbocycles. The van der Waals surface area contributed by atoms with Gasteiger partial charge < -0.3 is 5.73 Å². The van der Waals surface area contributed by atoms with E-state index in [1.807, 2.05) is 43.3 Å². The Hall–Kier alpha value is -2.59. The van der Waals surface area contributed by atoms with Gasteiger partial charge in [-0.2, -0.15) is 0 Å². The van der Waals surface area contributed by atoms with Gasteiger partial charge in [-0.15, -0.1) is 0 Å². The third-order valence-electron chi connectivity index (χ3n) is 3.80.